The maximum atomic E-state index is 12.1. The van der Waals surface area contributed by atoms with Crippen LogP contribution in [0, 0.1) is 24.0 Å². The van der Waals surface area contributed by atoms with Gasteiger partial charge in [0, 0.05) is 0 Å². The maximum absolute atomic E-state index is 12.1. The predicted octanol–water partition coefficient (Wildman–Crippen LogP) is 1.14. The highest BCUT2D eigenvalue weighted by Crippen LogP contribution is 2.23. The van der Waals surface area contributed by atoms with E-state index in [4.69, 9.17) is 10.5 Å². The Bertz CT molecular complexity index is 918. The van der Waals surface area contributed by atoms with Crippen molar-refractivity contribution in [3.05, 3.63) is 38.5 Å². The van der Waals surface area contributed by atoms with Crippen LogP contribution in [-0.2, 0) is 20.9 Å². The van der Waals surface area contributed by atoms with E-state index in [9.17, 15) is 24.5 Å². The summed E-state index contributed by atoms with van der Waals surface area (Å²) in [6, 6.07) is 1.47. The van der Waals surface area contributed by atoms with E-state index in [0.717, 1.165) is 16.0 Å². The first-order valence-corrected chi connectivity index (χ1v) is 8.55. The summed E-state index contributed by atoms with van der Waals surface area (Å²) in [5, 5.41) is 19.2. The molecule has 0 saturated carbocycles. The van der Waals surface area contributed by atoms with Crippen LogP contribution < -0.4 is 11.1 Å². The number of nitrogens with two attached hydrogens (primary N) is 1. The van der Waals surface area contributed by atoms with Crippen LogP contribution in [0.25, 0.3) is 0 Å². The monoisotopic (exact) mass is 395 g/mol. The number of carbonyl (C=O) groups is 3. The molecule has 0 radical (unpaired) electrons. The molecule has 2 aromatic rings. The fourth-order valence-electron chi connectivity index (χ4n) is 2.33. The summed E-state index contributed by atoms with van der Waals surface area (Å²) < 4.78 is 6.18. The molecule has 2 amide bonds. The van der Waals surface area contributed by atoms with Gasteiger partial charge in [0.05, 0.1) is 10.5 Å². The number of primary amides is 1. The van der Waals surface area contributed by atoms with Gasteiger partial charge in [-0.2, -0.15) is 5.10 Å². The molecule has 0 bridgehead atoms. The van der Waals surface area contributed by atoms with Crippen molar-refractivity contribution in [3.63, 3.8) is 0 Å². The summed E-state index contributed by atoms with van der Waals surface area (Å²) in [7, 11) is 0. The second-order valence-corrected chi connectivity index (χ2v) is 6.50. The molecule has 0 aliphatic heterocycles. The molecule has 3 N–H and O–H groups in total. The lowest BCUT2D eigenvalue weighted by Crippen LogP contribution is -2.31. The second kappa shape index (κ2) is 7.95. The molecule has 2 aromatic heterocycles. The summed E-state index contributed by atoms with van der Waals surface area (Å²) in [5.74, 6) is -2.13. The van der Waals surface area contributed by atoms with Crippen LogP contribution in [0.4, 0.5) is 10.7 Å². The number of hydrogen-bond acceptors (Lipinski definition) is 8. The van der Waals surface area contributed by atoms with Gasteiger partial charge in [0.1, 0.15) is 22.9 Å². The van der Waals surface area contributed by atoms with Gasteiger partial charge < -0.3 is 15.8 Å². The zero-order valence-electron chi connectivity index (χ0n) is 14.7. The van der Waals surface area contributed by atoms with E-state index < -0.39 is 28.8 Å². The number of aryl methyl sites for hydroxylation is 1. The quantitative estimate of drug-likeness (QED) is 0.404. The molecule has 0 aromatic carbocycles. The molecule has 0 fully saturated rings. The number of aromatic nitrogens is 2. The van der Waals surface area contributed by atoms with Crippen LogP contribution >= 0.6 is 11.3 Å². The van der Waals surface area contributed by atoms with Crippen LogP contribution in [0.3, 0.4) is 0 Å². The van der Waals surface area contributed by atoms with Crippen molar-refractivity contribution in [2.24, 2.45) is 5.73 Å². The minimum absolute atomic E-state index is 0.154. The fourth-order valence-corrected chi connectivity index (χ4v) is 3.12. The van der Waals surface area contributed by atoms with Gasteiger partial charge in [-0.15, -0.1) is 11.3 Å². The summed E-state index contributed by atoms with van der Waals surface area (Å²) in [5.41, 5.74) is 5.56. The number of rotatable bonds is 7. The van der Waals surface area contributed by atoms with Gasteiger partial charge in [0.2, 0.25) is 0 Å². The van der Waals surface area contributed by atoms with Crippen LogP contribution in [0.5, 0.6) is 0 Å². The van der Waals surface area contributed by atoms with Crippen molar-refractivity contribution < 1.29 is 24.0 Å². The molecule has 0 aliphatic rings. The molecule has 0 spiro atoms. The van der Waals surface area contributed by atoms with E-state index in [0.29, 0.717) is 0 Å². The Morgan fingerprint density at radius 2 is 2.11 bits per heavy atom. The van der Waals surface area contributed by atoms with Gasteiger partial charge in [-0.05, 0) is 32.2 Å². The number of hydrogen-bond donors (Lipinski definition) is 2. The van der Waals surface area contributed by atoms with E-state index in [2.05, 4.69) is 10.4 Å². The van der Waals surface area contributed by atoms with Crippen molar-refractivity contribution in [3.8, 4) is 0 Å². The number of nitrogens with one attached hydrogen (secondary N) is 1. The maximum Gasteiger partial charge on any atom is 0.328 e. The highest BCUT2D eigenvalue weighted by Gasteiger charge is 2.25. The Hall–Kier alpha value is -3.28. The highest BCUT2D eigenvalue weighted by atomic mass is 32.1. The van der Waals surface area contributed by atoms with Gasteiger partial charge in [-0.3, -0.25) is 29.2 Å². The molecule has 27 heavy (non-hydrogen) atoms. The highest BCUT2D eigenvalue weighted by molar-refractivity contribution is 7.14. The normalized spacial score (nSPS) is 11.7. The van der Waals surface area contributed by atoms with Gasteiger partial charge in [0.15, 0.2) is 6.10 Å². The molecule has 1 unspecified atom stereocenters. The molecular formula is C15H17N5O6S. The Morgan fingerprint density at radius 1 is 1.44 bits per heavy atom. The predicted molar refractivity (Wildman–Crippen MR) is 95.4 cm³/mol. The third-order valence-corrected chi connectivity index (χ3v) is 4.48. The molecule has 0 aliphatic carbocycles. The number of thiophene rings is 1. The first-order valence-electron chi connectivity index (χ1n) is 7.67. The molecule has 0 saturated heterocycles. The number of amides is 2. The first-order chi connectivity index (χ1) is 12.6. The summed E-state index contributed by atoms with van der Waals surface area (Å²) in [6.45, 7) is 3.89. The Kier molecular flexibility index (Phi) is 5.90. The van der Waals surface area contributed by atoms with E-state index in [1.54, 1.807) is 5.38 Å². The van der Waals surface area contributed by atoms with Crippen LogP contribution in [0.1, 0.15) is 28.7 Å². The largest absolute Gasteiger partial charge is 0.451 e. The van der Waals surface area contributed by atoms with Gasteiger partial charge in [-0.25, -0.2) is 0 Å². The molecule has 2 heterocycles. The number of esters is 1. The van der Waals surface area contributed by atoms with Crippen LogP contribution in [0.15, 0.2) is 11.4 Å². The van der Waals surface area contributed by atoms with Gasteiger partial charge in [0.25, 0.3) is 11.8 Å². The fraction of sp³-hybridized carbons (Fsp3) is 0.333. The van der Waals surface area contributed by atoms with Crippen LogP contribution in [0.2, 0.25) is 0 Å². The average Bonchev–Trinajstić information content (AvgIpc) is 3.11. The Labute approximate surface area is 157 Å². The van der Waals surface area contributed by atoms with Gasteiger partial charge in [-0.1, -0.05) is 0 Å². The lowest BCUT2D eigenvalue weighted by atomic mass is 10.3. The number of nitrogens with zero attached hydrogens (tertiary/aromatic N) is 3. The third kappa shape index (κ3) is 4.47. The van der Waals surface area contributed by atoms with E-state index in [-0.39, 0.29) is 34.2 Å². The first kappa shape index (κ1) is 20.0. The van der Waals surface area contributed by atoms with E-state index >= 15 is 0 Å². The summed E-state index contributed by atoms with van der Waals surface area (Å²) in [6.07, 6.45) is -1.16. The molecule has 11 nitrogen and oxygen atoms in total. The molecule has 12 heteroatoms. The van der Waals surface area contributed by atoms with Gasteiger partial charge >= 0.3 is 11.7 Å². The van der Waals surface area contributed by atoms with Crippen LogP contribution in [-0.4, -0.2) is 38.6 Å². The number of nitro groups is 1. The summed E-state index contributed by atoms with van der Waals surface area (Å²) in [4.78, 5) is 45.9. The Morgan fingerprint density at radius 3 is 2.67 bits per heavy atom. The Balaban J connectivity index is 2.00. The smallest absolute Gasteiger partial charge is 0.328 e. The van der Waals surface area contributed by atoms with Crippen molar-refractivity contribution in [1.29, 1.82) is 0 Å². The SMILES string of the molecule is Cc1nn(CC(=O)OC(C)C(=O)Nc2sccc2C(N)=O)c(C)c1[N+](=O)[O-]. The van der Waals surface area contributed by atoms with E-state index in [1.165, 1.54) is 26.8 Å². The molecule has 144 valence electrons. The topological polar surface area (TPSA) is 159 Å². The second-order valence-electron chi connectivity index (χ2n) is 5.58. The lowest BCUT2D eigenvalue weighted by molar-refractivity contribution is -0.386. The number of anilines is 1. The zero-order chi connectivity index (χ0) is 20.3. The lowest BCUT2D eigenvalue weighted by Gasteiger charge is -2.13. The zero-order valence-corrected chi connectivity index (χ0v) is 15.5. The molecule has 2 rings (SSSR count). The van der Waals surface area contributed by atoms with Crippen molar-refractivity contribution in [2.45, 2.75) is 33.4 Å². The average molecular weight is 395 g/mol. The van der Waals surface area contributed by atoms with Crippen molar-refractivity contribution in [1.82, 2.24) is 9.78 Å². The standard InChI is InChI=1S/C15H17N5O6S/c1-7-12(20(24)25)8(2)19(18-7)6-11(21)26-9(3)14(23)17-15-10(13(16)22)4-5-27-15/h4-5,9H,6H2,1-3H3,(H2,16,22)(H,17,23). The minimum Gasteiger partial charge on any atom is -0.451 e. The summed E-state index contributed by atoms with van der Waals surface area (Å²) >= 11 is 1.10. The number of carbonyl (C=O) groups excluding carboxylic acids is 3. The van der Waals surface area contributed by atoms with E-state index in [1.807, 2.05) is 0 Å². The minimum atomic E-state index is -1.16. The van der Waals surface area contributed by atoms with Crippen molar-refractivity contribution in [2.75, 3.05) is 5.32 Å². The third-order valence-electron chi connectivity index (χ3n) is 3.65. The molecule has 1 atom stereocenters. The number of ether oxygens (including phenoxy) is 1. The van der Waals surface area contributed by atoms with Crippen molar-refractivity contribution >= 4 is 39.8 Å². The molecular weight excluding hydrogens is 378 g/mol.